The molecular formula is C22H21F3N4O4. The van der Waals surface area contributed by atoms with E-state index >= 15 is 0 Å². The van der Waals surface area contributed by atoms with Gasteiger partial charge in [0, 0.05) is 38.1 Å². The van der Waals surface area contributed by atoms with Crippen molar-refractivity contribution in [3.05, 3.63) is 51.9 Å². The summed E-state index contributed by atoms with van der Waals surface area (Å²) in [6.45, 7) is -3.20. The summed E-state index contributed by atoms with van der Waals surface area (Å²) in [4.78, 5) is 17.6. The van der Waals surface area contributed by atoms with Gasteiger partial charge in [0.15, 0.2) is 28.7 Å². The molecule has 0 radical (unpaired) electrons. The van der Waals surface area contributed by atoms with Crippen LogP contribution in [0.15, 0.2) is 35.1 Å². The number of hydrogen-bond acceptors (Lipinski definition) is 7. The molecule has 0 unspecified atom stereocenters. The minimum absolute atomic E-state index is 0.00346. The Bertz CT molecular complexity index is 1480. The average molecular weight is 467 g/mol. The van der Waals surface area contributed by atoms with Crippen LogP contribution in [-0.4, -0.2) is 46.9 Å². The molecule has 4 heterocycles. The molecule has 0 N–H and O–H groups in total. The molecule has 1 fully saturated rings. The fraction of sp³-hybridized carbons (Fsp3) is 0.409. The molecule has 33 heavy (non-hydrogen) atoms. The van der Waals surface area contributed by atoms with Crippen molar-refractivity contribution < 1.29 is 34.2 Å². The number of piperidine rings is 1. The van der Waals surface area contributed by atoms with Crippen molar-refractivity contribution in [3.8, 4) is 17.2 Å². The molecule has 0 atom stereocenters. The van der Waals surface area contributed by atoms with Crippen molar-refractivity contribution in [2.45, 2.75) is 32.0 Å². The Morgan fingerprint density at radius 2 is 1.88 bits per heavy atom. The summed E-state index contributed by atoms with van der Waals surface area (Å²) in [5.41, 5.74) is -1.97. The van der Waals surface area contributed by atoms with Crippen LogP contribution in [0, 0.1) is 6.92 Å². The van der Waals surface area contributed by atoms with Crippen LogP contribution >= 0.6 is 0 Å². The Balaban J connectivity index is 1.32. The first-order valence-electron chi connectivity index (χ1n) is 12.5. The zero-order valence-corrected chi connectivity index (χ0v) is 17.3. The first kappa shape index (κ1) is 16.2. The molecule has 2 aromatic heterocycles. The second-order valence-electron chi connectivity index (χ2n) is 7.54. The molecule has 0 saturated carbocycles. The third kappa shape index (κ3) is 4.27. The standard InChI is InChI=1S/C22H21F3N4O4/c1-13-10-19-26-18(22(23,24)25)12-20(30)29(19)27-21(13)28-6-4-14(5-7-28)33-15-2-3-16-17(11-15)32-9-8-31-16/h2-3,10-12,14H,4-9H2,1H3/i8D2,9D2,14D. The normalized spacial score (nSPS) is 23.0. The van der Waals surface area contributed by atoms with Gasteiger partial charge in [-0.3, -0.25) is 4.79 Å². The number of alkyl halides is 3. The SMILES string of the molecule is [2H]C1(Oc2ccc3c(c2)OC([2H])([2H])C([2H])([2H])O3)CCN(c2nn3c(=O)cc(C(F)(F)F)nc3cc2C)CC1. The number of rotatable bonds is 3. The highest BCUT2D eigenvalue weighted by Crippen LogP contribution is 2.35. The van der Waals surface area contributed by atoms with Crippen LogP contribution in [0.25, 0.3) is 5.65 Å². The maximum atomic E-state index is 13.0. The highest BCUT2D eigenvalue weighted by Gasteiger charge is 2.34. The number of halogens is 3. The third-order valence-electron chi connectivity index (χ3n) is 5.27. The molecule has 0 amide bonds. The van der Waals surface area contributed by atoms with Gasteiger partial charge in [-0.15, -0.1) is 5.10 Å². The Morgan fingerprint density at radius 3 is 2.61 bits per heavy atom. The lowest BCUT2D eigenvalue weighted by molar-refractivity contribution is -0.141. The van der Waals surface area contributed by atoms with Crippen molar-refractivity contribution in [3.63, 3.8) is 0 Å². The summed E-state index contributed by atoms with van der Waals surface area (Å²) in [5, 5.41) is 4.23. The fourth-order valence-electron chi connectivity index (χ4n) is 3.68. The van der Waals surface area contributed by atoms with E-state index in [0.717, 1.165) is 4.52 Å². The van der Waals surface area contributed by atoms with Crippen LogP contribution in [0.4, 0.5) is 19.0 Å². The van der Waals surface area contributed by atoms with E-state index < -0.39 is 36.6 Å². The van der Waals surface area contributed by atoms with E-state index in [9.17, 15) is 18.0 Å². The number of hydrogen-bond donors (Lipinski definition) is 0. The summed E-state index contributed by atoms with van der Waals surface area (Å²) in [5.74, 6) is 0.509. The number of ether oxygens (including phenoxy) is 3. The minimum atomic E-state index is -4.76. The summed E-state index contributed by atoms with van der Waals surface area (Å²) >= 11 is 0. The zero-order valence-electron chi connectivity index (χ0n) is 22.3. The molecule has 0 spiro atoms. The van der Waals surface area contributed by atoms with Gasteiger partial charge in [-0.25, -0.2) is 4.98 Å². The number of aromatic nitrogens is 3. The third-order valence-corrected chi connectivity index (χ3v) is 5.27. The second kappa shape index (κ2) is 8.13. The monoisotopic (exact) mass is 467 g/mol. The van der Waals surface area contributed by atoms with Crippen LogP contribution in [-0.2, 0) is 6.18 Å². The Kier molecular flexibility index (Phi) is 3.98. The Morgan fingerprint density at radius 1 is 1.15 bits per heavy atom. The van der Waals surface area contributed by atoms with Crippen molar-refractivity contribution >= 4 is 11.5 Å². The van der Waals surface area contributed by atoms with Gasteiger partial charge in [0.05, 0.1) is 6.85 Å². The van der Waals surface area contributed by atoms with Crippen molar-refractivity contribution in [2.75, 3.05) is 31.1 Å². The first-order valence-corrected chi connectivity index (χ1v) is 10.0. The summed E-state index contributed by atoms with van der Waals surface area (Å²) in [7, 11) is 0. The van der Waals surface area contributed by atoms with Gasteiger partial charge in [-0.2, -0.15) is 17.7 Å². The smallest absolute Gasteiger partial charge is 0.433 e. The molecule has 2 aliphatic rings. The summed E-state index contributed by atoms with van der Waals surface area (Å²) < 4.78 is 95.5. The number of anilines is 1. The lowest BCUT2D eigenvalue weighted by Gasteiger charge is -2.33. The predicted octanol–water partition coefficient (Wildman–Crippen LogP) is 3.24. The second-order valence-corrected chi connectivity index (χ2v) is 7.54. The van der Waals surface area contributed by atoms with E-state index in [1.807, 2.05) is 0 Å². The summed E-state index contributed by atoms with van der Waals surface area (Å²) in [6.07, 6.45) is -5.74. The zero-order chi connectivity index (χ0) is 27.7. The lowest BCUT2D eigenvalue weighted by atomic mass is 10.1. The minimum Gasteiger partial charge on any atom is -0.490 e. The molecule has 1 aromatic carbocycles. The van der Waals surface area contributed by atoms with Crippen molar-refractivity contribution in [1.29, 1.82) is 0 Å². The van der Waals surface area contributed by atoms with Gasteiger partial charge in [0.1, 0.15) is 24.9 Å². The molecule has 2 aliphatic heterocycles. The largest absolute Gasteiger partial charge is 0.490 e. The first-order chi connectivity index (χ1) is 17.6. The summed E-state index contributed by atoms with van der Waals surface area (Å²) in [6, 6.07) is 5.91. The Labute approximate surface area is 193 Å². The highest BCUT2D eigenvalue weighted by atomic mass is 19.4. The van der Waals surface area contributed by atoms with Crippen LogP contribution in [0.3, 0.4) is 0 Å². The van der Waals surface area contributed by atoms with Crippen molar-refractivity contribution in [2.24, 2.45) is 0 Å². The molecule has 8 nitrogen and oxygen atoms in total. The van der Waals surface area contributed by atoms with Gasteiger partial charge >= 0.3 is 6.18 Å². The van der Waals surface area contributed by atoms with Crippen LogP contribution < -0.4 is 24.7 Å². The predicted molar refractivity (Wildman–Crippen MR) is 112 cm³/mol. The highest BCUT2D eigenvalue weighted by molar-refractivity contribution is 5.53. The average Bonchev–Trinajstić information content (AvgIpc) is 2.79. The molecule has 0 bridgehead atoms. The topological polar surface area (TPSA) is 78.2 Å². The van der Waals surface area contributed by atoms with E-state index in [2.05, 4.69) is 10.1 Å². The van der Waals surface area contributed by atoms with E-state index in [0.29, 0.717) is 30.5 Å². The quantitative estimate of drug-likeness (QED) is 0.585. The van der Waals surface area contributed by atoms with Crippen LogP contribution in [0.2, 0.25) is 0 Å². The van der Waals surface area contributed by atoms with Gasteiger partial charge in [0.25, 0.3) is 5.56 Å². The number of fused-ring (bicyclic) bond motifs is 2. The molecule has 0 aliphatic carbocycles. The number of aryl methyl sites for hydroxylation is 1. The van der Waals surface area contributed by atoms with E-state index in [1.165, 1.54) is 24.3 Å². The van der Waals surface area contributed by atoms with E-state index in [-0.39, 0.29) is 35.7 Å². The Hall–Kier alpha value is -3.50. The van der Waals surface area contributed by atoms with Gasteiger partial charge in [0.2, 0.25) is 0 Å². The molecule has 5 rings (SSSR count). The van der Waals surface area contributed by atoms with E-state index in [1.54, 1.807) is 11.8 Å². The maximum Gasteiger partial charge on any atom is 0.433 e. The number of benzene rings is 1. The number of nitrogens with zero attached hydrogens (tertiary/aromatic N) is 4. The van der Waals surface area contributed by atoms with Crippen LogP contribution in [0.5, 0.6) is 17.2 Å². The maximum absolute atomic E-state index is 13.0. The van der Waals surface area contributed by atoms with Gasteiger partial charge in [-0.1, -0.05) is 0 Å². The molecule has 3 aromatic rings. The molecule has 11 heteroatoms. The van der Waals surface area contributed by atoms with Gasteiger partial charge < -0.3 is 19.1 Å². The molecule has 1 saturated heterocycles. The lowest BCUT2D eigenvalue weighted by Crippen LogP contribution is -2.39. The molecular weight excluding hydrogens is 441 g/mol. The van der Waals surface area contributed by atoms with Crippen molar-refractivity contribution in [1.82, 2.24) is 14.6 Å². The van der Waals surface area contributed by atoms with Crippen LogP contribution in [0.1, 0.15) is 31.0 Å². The fourth-order valence-corrected chi connectivity index (χ4v) is 3.68. The van der Waals surface area contributed by atoms with E-state index in [4.69, 9.17) is 21.1 Å². The van der Waals surface area contributed by atoms with Gasteiger partial charge in [-0.05, 0) is 30.7 Å². The molecule has 174 valence electrons.